The zero-order valence-corrected chi connectivity index (χ0v) is 11.8. The van der Waals surface area contributed by atoms with Crippen molar-refractivity contribution in [3.63, 3.8) is 0 Å². The number of nitrogens with one attached hydrogen (secondary N) is 1. The predicted octanol–water partition coefficient (Wildman–Crippen LogP) is 2.66. The Bertz CT molecular complexity index is 700. The third-order valence-corrected chi connectivity index (χ3v) is 5.17. The Hall–Kier alpha value is -1.68. The maximum atomic E-state index is 12.2. The SMILES string of the molecule is C[C@@H](NS(=O)(=O)c1cccc(C#N)c1)c1cccs1. The molecule has 2 rings (SSSR count). The van der Waals surface area contributed by atoms with Crippen molar-refractivity contribution in [1.82, 2.24) is 4.72 Å². The zero-order chi connectivity index (χ0) is 13.9. The van der Waals surface area contributed by atoms with E-state index in [1.165, 1.54) is 23.5 Å². The Morgan fingerprint density at radius 1 is 1.32 bits per heavy atom. The van der Waals surface area contributed by atoms with Gasteiger partial charge in [-0.3, -0.25) is 0 Å². The van der Waals surface area contributed by atoms with Gasteiger partial charge in [0.05, 0.1) is 22.6 Å². The van der Waals surface area contributed by atoms with Crippen LogP contribution in [0.3, 0.4) is 0 Å². The fourth-order valence-electron chi connectivity index (χ4n) is 1.63. The summed E-state index contributed by atoms with van der Waals surface area (Å²) in [5.41, 5.74) is 0.326. The maximum Gasteiger partial charge on any atom is 0.241 e. The molecule has 1 N–H and O–H groups in total. The van der Waals surface area contributed by atoms with Crippen LogP contribution in [0.1, 0.15) is 23.4 Å². The van der Waals surface area contributed by atoms with E-state index in [9.17, 15) is 8.42 Å². The van der Waals surface area contributed by atoms with E-state index in [1.54, 1.807) is 19.1 Å². The van der Waals surface area contributed by atoms with Crippen molar-refractivity contribution < 1.29 is 8.42 Å². The molecule has 1 heterocycles. The van der Waals surface area contributed by atoms with E-state index < -0.39 is 10.0 Å². The highest BCUT2D eigenvalue weighted by Crippen LogP contribution is 2.21. The monoisotopic (exact) mass is 292 g/mol. The van der Waals surface area contributed by atoms with Gasteiger partial charge in [0, 0.05) is 4.88 Å². The van der Waals surface area contributed by atoms with Crippen molar-refractivity contribution in [2.45, 2.75) is 17.9 Å². The fourth-order valence-corrected chi connectivity index (χ4v) is 3.71. The molecule has 6 heteroatoms. The van der Waals surface area contributed by atoms with Gasteiger partial charge in [0.25, 0.3) is 0 Å². The van der Waals surface area contributed by atoms with E-state index in [0.29, 0.717) is 5.56 Å². The van der Waals surface area contributed by atoms with Gasteiger partial charge in [0.2, 0.25) is 10.0 Å². The third-order valence-electron chi connectivity index (χ3n) is 2.58. The summed E-state index contributed by atoms with van der Waals surface area (Å²) in [6.45, 7) is 1.79. The molecule has 0 fully saturated rings. The van der Waals surface area contributed by atoms with Crippen LogP contribution in [0.4, 0.5) is 0 Å². The van der Waals surface area contributed by atoms with Crippen LogP contribution in [0.5, 0.6) is 0 Å². The van der Waals surface area contributed by atoms with Crippen molar-refractivity contribution in [3.05, 3.63) is 52.2 Å². The largest absolute Gasteiger partial charge is 0.241 e. The van der Waals surface area contributed by atoms with Crippen LogP contribution < -0.4 is 4.72 Å². The van der Waals surface area contributed by atoms with Crippen LogP contribution in [-0.2, 0) is 10.0 Å². The first-order chi connectivity index (χ1) is 9.03. The first kappa shape index (κ1) is 13.7. The highest BCUT2D eigenvalue weighted by molar-refractivity contribution is 7.89. The summed E-state index contributed by atoms with van der Waals surface area (Å²) in [6.07, 6.45) is 0. The number of rotatable bonds is 4. The van der Waals surface area contributed by atoms with Gasteiger partial charge in [-0.15, -0.1) is 11.3 Å². The van der Waals surface area contributed by atoms with E-state index in [4.69, 9.17) is 5.26 Å². The molecule has 4 nitrogen and oxygen atoms in total. The van der Waals surface area contributed by atoms with Crippen molar-refractivity contribution in [2.75, 3.05) is 0 Å². The van der Waals surface area contributed by atoms with Gasteiger partial charge in [-0.1, -0.05) is 12.1 Å². The lowest BCUT2D eigenvalue weighted by Gasteiger charge is -2.12. The second-order valence-corrected chi connectivity index (χ2v) is 6.69. The molecule has 0 saturated heterocycles. The molecule has 1 aromatic carbocycles. The smallest absolute Gasteiger partial charge is 0.207 e. The number of sulfonamides is 1. The van der Waals surface area contributed by atoms with Crippen molar-refractivity contribution in [3.8, 4) is 6.07 Å². The van der Waals surface area contributed by atoms with Crippen molar-refractivity contribution in [1.29, 1.82) is 5.26 Å². The van der Waals surface area contributed by atoms with Gasteiger partial charge in [-0.05, 0) is 36.6 Å². The minimum absolute atomic E-state index is 0.106. The summed E-state index contributed by atoms with van der Waals surface area (Å²) in [6, 6.07) is 11.4. The normalized spacial score (nSPS) is 12.8. The highest BCUT2D eigenvalue weighted by atomic mass is 32.2. The number of hydrogen-bond donors (Lipinski definition) is 1. The number of nitrogens with zero attached hydrogens (tertiary/aromatic N) is 1. The first-order valence-electron chi connectivity index (χ1n) is 5.59. The second-order valence-electron chi connectivity index (χ2n) is 4.00. The summed E-state index contributed by atoms with van der Waals surface area (Å²) < 4.78 is 27.0. The summed E-state index contributed by atoms with van der Waals surface area (Å²) in [7, 11) is -3.61. The van der Waals surface area contributed by atoms with Crippen LogP contribution in [0.25, 0.3) is 0 Å². The van der Waals surface area contributed by atoms with Crippen LogP contribution in [0.15, 0.2) is 46.7 Å². The van der Waals surface area contributed by atoms with Gasteiger partial charge in [-0.25, -0.2) is 13.1 Å². The minimum Gasteiger partial charge on any atom is -0.207 e. The van der Waals surface area contributed by atoms with Gasteiger partial charge in [0.1, 0.15) is 0 Å². The Kier molecular flexibility index (Phi) is 4.00. The molecule has 0 amide bonds. The molecule has 0 unspecified atom stereocenters. The average molecular weight is 292 g/mol. The molecule has 0 aliphatic heterocycles. The summed E-state index contributed by atoms with van der Waals surface area (Å²) >= 11 is 1.50. The fraction of sp³-hybridized carbons (Fsp3) is 0.154. The molecule has 0 saturated carbocycles. The number of nitriles is 1. The summed E-state index contributed by atoms with van der Waals surface area (Å²) in [5, 5.41) is 10.7. The standard InChI is InChI=1S/C13H12N2O2S2/c1-10(13-6-3-7-18-13)15-19(16,17)12-5-2-4-11(8-12)9-14/h2-8,10,15H,1H3/t10-/m1/s1. The topological polar surface area (TPSA) is 70.0 Å². The number of thiophene rings is 1. The van der Waals surface area contributed by atoms with Crippen molar-refractivity contribution >= 4 is 21.4 Å². The molecule has 1 atom stereocenters. The minimum atomic E-state index is -3.61. The van der Waals surface area contributed by atoms with Crippen LogP contribution >= 0.6 is 11.3 Å². The molecule has 98 valence electrons. The lowest BCUT2D eigenvalue weighted by Crippen LogP contribution is -2.26. The molecule has 1 aromatic heterocycles. The number of hydrogen-bond acceptors (Lipinski definition) is 4. The van der Waals surface area contributed by atoms with E-state index in [2.05, 4.69) is 4.72 Å². The summed E-state index contributed by atoms with van der Waals surface area (Å²) in [4.78, 5) is 1.05. The summed E-state index contributed by atoms with van der Waals surface area (Å²) in [5.74, 6) is 0. The van der Waals surface area contributed by atoms with Crippen LogP contribution in [0.2, 0.25) is 0 Å². The lowest BCUT2D eigenvalue weighted by molar-refractivity contribution is 0.568. The molecule has 0 bridgehead atoms. The van der Waals surface area contributed by atoms with Gasteiger partial charge in [-0.2, -0.15) is 5.26 Å². The van der Waals surface area contributed by atoms with E-state index in [-0.39, 0.29) is 10.9 Å². The Balaban J connectivity index is 2.25. The van der Waals surface area contributed by atoms with Gasteiger partial charge >= 0.3 is 0 Å². The Labute approximate surface area is 116 Å². The van der Waals surface area contributed by atoms with Crippen molar-refractivity contribution in [2.24, 2.45) is 0 Å². The maximum absolute atomic E-state index is 12.2. The van der Waals surface area contributed by atoms with Gasteiger partial charge in [0.15, 0.2) is 0 Å². The van der Waals surface area contributed by atoms with Crippen LogP contribution in [-0.4, -0.2) is 8.42 Å². The van der Waals surface area contributed by atoms with E-state index in [0.717, 1.165) is 4.88 Å². The predicted molar refractivity (Wildman–Crippen MR) is 74.2 cm³/mol. The van der Waals surface area contributed by atoms with E-state index in [1.807, 2.05) is 23.6 Å². The highest BCUT2D eigenvalue weighted by Gasteiger charge is 2.19. The molecular formula is C13H12N2O2S2. The average Bonchev–Trinajstić information content (AvgIpc) is 2.92. The molecule has 0 aliphatic carbocycles. The quantitative estimate of drug-likeness (QED) is 0.941. The van der Waals surface area contributed by atoms with Crippen LogP contribution in [0, 0.1) is 11.3 Å². The second kappa shape index (κ2) is 5.53. The lowest BCUT2D eigenvalue weighted by atomic mass is 10.2. The van der Waals surface area contributed by atoms with E-state index >= 15 is 0 Å². The molecule has 0 aliphatic rings. The zero-order valence-electron chi connectivity index (χ0n) is 10.2. The Morgan fingerprint density at radius 2 is 2.11 bits per heavy atom. The molecular weight excluding hydrogens is 280 g/mol. The first-order valence-corrected chi connectivity index (χ1v) is 7.95. The third kappa shape index (κ3) is 3.20. The molecule has 2 aromatic rings. The molecule has 0 spiro atoms. The molecule has 0 radical (unpaired) electrons. The molecule has 19 heavy (non-hydrogen) atoms. The number of benzene rings is 1. The Morgan fingerprint density at radius 3 is 2.74 bits per heavy atom. The van der Waals surface area contributed by atoms with Gasteiger partial charge < -0.3 is 0 Å².